The largest absolute Gasteiger partial charge is 0.394 e. The van der Waals surface area contributed by atoms with E-state index in [4.69, 9.17) is 17.5 Å². The Morgan fingerprint density at radius 3 is 1.50 bits per heavy atom. The van der Waals surface area contributed by atoms with E-state index in [1.54, 1.807) is 0 Å². The molecule has 0 spiro atoms. The standard InChI is InChI=1S/C21H37N.C11H22.H2O4S/c1-3-5-7-9-10-11-13-17-20(16-12-8-6-4-2)21-18-14-15-19-22-21;1-3-5-7-9-11-10-8-6-4-2;1-5(2,3)4/h14-15,18-20H,3-13,16-17H2,1-2H3;3H,1,4-11H2,2H3;(H2,1,2,3,4). The Labute approximate surface area is 236 Å². The Morgan fingerprint density at radius 2 is 1.11 bits per heavy atom. The second-order valence-corrected chi connectivity index (χ2v) is 11.3. The quantitative estimate of drug-likeness (QED) is 0.0843. The minimum Gasteiger partial charge on any atom is -0.264 e. The highest BCUT2D eigenvalue weighted by Gasteiger charge is 2.12. The van der Waals surface area contributed by atoms with Crippen LogP contribution in [-0.4, -0.2) is 22.5 Å². The zero-order valence-corrected chi connectivity index (χ0v) is 25.9. The molecule has 0 aliphatic rings. The first-order chi connectivity index (χ1) is 18.3. The van der Waals surface area contributed by atoms with Gasteiger partial charge in [-0.3, -0.25) is 14.1 Å². The van der Waals surface area contributed by atoms with Crippen molar-refractivity contribution in [1.82, 2.24) is 4.98 Å². The summed E-state index contributed by atoms with van der Waals surface area (Å²) < 4.78 is 31.6. The molecule has 38 heavy (non-hydrogen) atoms. The molecule has 1 atom stereocenters. The molecule has 0 radical (unpaired) electrons. The van der Waals surface area contributed by atoms with Crippen LogP contribution >= 0.6 is 0 Å². The third-order valence-corrected chi connectivity index (χ3v) is 6.68. The van der Waals surface area contributed by atoms with Crippen molar-refractivity contribution < 1.29 is 17.5 Å². The van der Waals surface area contributed by atoms with Gasteiger partial charge in [-0.15, -0.1) is 6.58 Å². The molecule has 1 aromatic rings. The Hall–Kier alpha value is -1.24. The number of hydrogen-bond acceptors (Lipinski definition) is 3. The van der Waals surface area contributed by atoms with Crippen LogP contribution in [0.5, 0.6) is 0 Å². The summed E-state index contributed by atoms with van der Waals surface area (Å²) in [6, 6.07) is 6.41. The van der Waals surface area contributed by atoms with E-state index in [9.17, 15) is 0 Å². The van der Waals surface area contributed by atoms with Crippen molar-refractivity contribution in [3.63, 3.8) is 0 Å². The van der Waals surface area contributed by atoms with E-state index in [-0.39, 0.29) is 0 Å². The van der Waals surface area contributed by atoms with Crippen LogP contribution in [0.4, 0.5) is 0 Å². The number of rotatable bonds is 22. The molecule has 0 aromatic carbocycles. The van der Waals surface area contributed by atoms with Gasteiger partial charge in [-0.25, -0.2) is 0 Å². The molecule has 5 nitrogen and oxygen atoms in total. The minimum absolute atomic E-state index is 0.689. The summed E-state index contributed by atoms with van der Waals surface area (Å²) in [5, 5.41) is 0. The first-order valence-corrected chi connectivity index (χ1v) is 16.9. The van der Waals surface area contributed by atoms with Crippen LogP contribution < -0.4 is 0 Å². The van der Waals surface area contributed by atoms with Crippen LogP contribution in [0.1, 0.15) is 167 Å². The number of aromatic nitrogens is 1. The first kappa shape index (κ1) is 38.9. The Morgan fingerprint density at radius 1 is 0.711 bits per heavy atom. The Balaban J connectivity index is 0. The average Bonchev–Trinajstić information content (AvgIpc) is 2.89. The van der Waals surface area contributed by atoms with Crippen LogP contribution in [0.15, 0.2) is 37.1 Å². The summed E-state index contributed by atoms with van der Waals surface area (Å²) in [5.41, 5.74) is 1.32. The molecule has 0 aliphatic carbocycles. The third kappa shape index (κ3) is 34.8. The van der Waals surface area contributed by atoms with Crippen LogP contribution in [0, 0.1) is 0 Å². The molecule has 1 heterocycles. The van der Waals surface area contributed by atoms with Crippen molar-refractivity contribution >= 4 is 10.4 Å². The predicted octanol–water partition coefficient (Wildman–Crippen LogP) is 10.9. The van der Waals surface area contributed by atoms with E-state index in [0.717, 1.165) is 0 Å². The molecule has 1 rings (SSSR count). The second-order valence-electron chi connectivity index (χ2n) is 10.4. The average molecular weight is 556 g/mol. The maximum atomic E-state index is 8.74. The molecule has 2 N–H and O–H groups in total. The van der Waals surface area contributed by atoms with Gasteiger partial charge in [-0.1, -0.05) is 142 Å². The van der Waals surface area contributed by atoms with Crippen LogP contribution in [0.25, 0.3) is 0 Å². The fraction of sp³-hybridized carbons (Fsp3) is 0.781. The molecule has 224 valence electrons. The zero-order chi connectivity index (χ0) is 28.7. The molecular formula is C32H61NO4S. The van der Waals surface area contributed by atoms with E-state index < -0.39 is 10.4 Å². The number of pyridine rings is 1. The van der Waals surface area contributed by atoms with Gasteiger partial charge in [0.1, 0.15) is 0 Å². The van der Waals surface area contributed by atoms with E-state index >= 15 is 0 Å². The van der Waals surface area contributed by atoms with Crippen molar-refractivity contribution in [2.45, 2.75) is 162 Å². The summed E-state index contributed by atoms with van der Waals surface area (Å²) in [6.07, 6.45) is 32.9. The maximum Gasteiger partial charge on any atom is 0.394 e. The van der Waals surface area contributed by atoms with E-state index in [2.05, 4.69) is 44.5 Å². The van der Waals surface area contributed by atoms with Crippen molar-refractivity contribution in [3.8, 4) is 0 Å². The maximum absolute atomic E-state index is 8.74. The summed E-state index contributed by atoms with van der Waals surface area (Å²) in [4.78, 5) is 4.62. The number of nitrogens with zero attached hydrogens (tertiary/aromatic N) is 1. The van der Waals surface area contributed by atoms with Crippen molar-refractivity contribution in [2.24, 2.45) is 0 Å². The Kier molecular flexibility index (Phi) is 31.0. The van der Waals surface area contributed by atoms with Gasteiger partial charge < -0.3 is 0 Å². The van der Waals surface area contributed by atoms with Crippen LogP contribution in [-0.2, 0) is 10.4 Å². The van der Waals surface area contributed by atoms with Gasteiger partial charge in [0, 0.05) is 17.8 Å². The van der Waals surface area contributed by atoms with Gasteiger partial charge in [0.05, 0.1) is 0 Å². The summed E-state index contributed by atoms with van der Waals surface area (Å²) in [6.45, 7) is 10.5. The SMILES string of the molecule is C=CCCCCCCCCC.CCCCCCCCCC(CCCCCC)c1ccccn1.O=S(=O)(O)O. The van der Waals surface area contributed by atoms with Crippen molar-refractivity contribution in [1.29, 1.82) is 0 Å². The lowest BCUT2D eigenvalue weighted by Gasteiger charge is -2.16. The molecule has 1 unspecified atom stereocenters. The highest BCUT2D eigenvalue weighted by molar-refractivity contribution is 7.79. The summed E-state index contributed by atoms with van der Waals surface area (Å²) in [5.74, 6) is 0.689. The van der Waals surface area contributed by atoms with Gasteiger partial charge in [0.2, 0.25) is 0 Å². The minimum atomic E-state index is -4.67. The lowest BCUT2D eigenvalue weighted by atomic mass is 9.91. The number of hydrogen-bond donors (Lipinski definition) is 2. The summed E-state index contributed by atoms with van der Waals surface area (Å²) in [7, 11) is -4.67. The monoisotopic (exact) mass is 555 g/mol. The fourth-order valence-electron chi connectivity index (χ4n) is 4.47. The van der Waals surface area contributed by atoms with Crippen LogP contribution in [0.2, 0.25) is 0 Å². The molecule has 6 heteroatoms. The normalized spacial score (nSPS) is 11.6. The van der Waals surface area contributed by atoms with E-state index in [1.165, 1.54) is 141 Å². The molecule has 1 aromatic heterocycles. The van der Waals surface area contributed by atoms with Crippen molar-refractivity contribution in [3.05, 3.63) is 42.7 Å². The highest BCUT2D eigenvalue weighted by atomic mass is 32.3. The molecule has 0 aliphatic heterocycles. The molecule has 0 bridgehead atoms. The predicted molar refractivity (Wildman–Crippen MR) is 165 cm³/mol. The lowest BCUT2D eigenvalue weighted by molar-refractivity contribution is 0.381. The summed E-state index contributed by atoms with van der Waals surface area (Å²) >= 11 is 0. The smallest absolute Gasteiger partial charge is 0.264 e. The topological polar surface area (TPSA) is 87.5 Å². The number of unbranched alkanes of at least 4 members (excludes halogenated alkanes) is 16. The second kappa shape index (κ2) is 30.3. The molecule has 0 fully saturated rings. The molecular weight excluding hydrogens is 494 g/mol. The lowest BCUT2D eigenvalue weighted by Crippen LogP contribution is -2.02. The van der Waals surface area contributed by atoms with E-state index in [1.807, 2.05) is 18.3 Å². The van der Waals surface area contributed by atoms with E-state index in [0.29, 0.717) is 5.92 Å². The van der Waals surface area contributed by atoms with Gasteiger partial charge >= 0.3 is 10.4 Å². The highest BCUT2D eigenvalue weighted by Crippen LogP contribution is 2.27. The van der Waals surface area contributed by atoms with Crippen LogP contribution in [0.3, 0.4) is 0 Å². The number of allylic oxidation sites excluding steroid dienone is 1. The first-order valence-electron chi connectivity index (χ1n) is 15.5. The molecule has 0 saturated carbocycles. The fourth-order valence-corrected chi connectivity index (χ4v) is 4.47. The van der Waals surface area contributed by atoms with Gasteiger partial charge in [-0.2, -0.15) is 8.42 Å². The van der Waals surface area contributed by atoms with Gasteiger partial charge in [0.25, 0.3) is 0 Å². The molecule has 0 saturated heterocycles. The third-order valence-electron chi connectivity index (χ3n) is 6.68. The molecule has 0 amide bonds. The zero-order valence-electron chi connectivity index (χ0n) is 25.1. The Bertz CT molecular complexity index is 687. The van der Waals surface area contributed by atoms with Gasteiger partial charge in [-0.05, 0) is 37.8 Å². The van der Waals surface area contributed by atoms with Crippen molar-refractivity contribution in [2.75, 3.05) is 0 Å². The van der Waals surface area contributed by atoms with Gasteiger partial charge in [0.15, 0.2) is 0 Å².